The van der Waals surface area contributed by atoms with Gasteiger partial charge in [-0.2, -0.15) is 0 Å². The number of benzene rings is 2. The Morgan fingerprint density at radius 1 is 1.08 bits per heavy atom. The molecule has 25 heavy (non-hydrogen) atoms. The average Bonchev–Trinajstić information content (AvgIpc) is 2.60. The monoisotopic (exact) mass is 341 g/mol. The molecule has 0 unspecified atom stereocenters. The minimum absolute atomic E-state index is 0.0159. The second kappa shape index (κ2) is 9.47. The summed E-state index contributed by atoms with van der Waals surface area (Å²) in [5, 5.41) is 11.7. The number of carbonyl (C=O) groups is 2. The van der Waals surface area contributed by atoms with Crippen molar-refractivity contribution in [2.24, 2.45) is 0 Å². The molecule has 0 aliphatic heterocycles. The molecule has 0 heterocycles. The summed E-state index contributed by atoms with van der Waals surface area (Å²) in [6.07, 6.45) is 2.02. The summed E-state index contributed by atoms with van der Waals surface area (Å²) in [6.45, 7) is 3.01. The highest BCUT2D eigenvalue weighted by molar-refractivity contribution is 5.87. The summed E-state index contributed by atoms with van der Waals surface area (Å²) in [6, 6.07) is 14.4. The number of hydrogen-bond donors (Lipinski definition) is 2. The van der Waals surface area contributed by atoms with E-state index in [1.165, 1.54) is 12.1 Å². The van der Waals surface area contributed by atoms with Crippen LogP contribution in [0.4, 0.5) is 0 Å². The third-order valence-electron chi connectivity index (χ3n) is 3.75. The van der Waals surface area contributed by atoms with E-state index in [0.29, 0.717) is 19.6 Å². The van der Waals surface area contributed by atoms with E-state index in [9.17, 15) is 9.59 Å². The molecule has 1 amide bonds. The largest absolute Gasteiger partial charge is 0.494 e. The van der Waals surface area contributed by atoms with Crippen molar-refractivity contribution in [3.05, 3.63) is 65.2 Å². The van der Waals surface area contributed by atoms with Crippen LogP contribution in [0.2, 0.25) is 0 Å². The predicted molar refractivity (Wildman–Crippen MR) is 95.8 cm³/mol. The Bertz CT molecular complexity index is 710. The Morgan fingerprint density at radius 3 is 2.52 bits per heavy atom. The zero-order chi connectivity index (χ0) is 18.1. The van der Waals surface area contributed by atoms with Crippen molar-refractivity contribution in [3.8, 4) is 5.75 Å². The number of hydrogen-bond acceptors (Lipinski definition) is 3. The van der Waals surface area contributed by atoms with Gasteiger partial charge in [0.25, 0.3) is 0 Å². The Morgan fingerprint density at radius 2 is 1.84 bits per heavy atom. The molecule has 2 aromatic rings. The van der Waals surface area contributed by atoms with Gasteiger partial charge in [-0.15, -0.1) is 0 Å². The minimum Gasteiger partial charge on any atom is -0.494 e. The number of amides is 1. The molecular formula is C20H23NO4. The lowest BCUT2D eigenvalue weighted by Gasteiger charge is -2.08. The van der Waals surface area contributed by atoms with E-state index in [0.717, 1.165) is 29.7 Å². The van der Waals surface area contributed by atoms with Crippen LogP contribution in [0.15, 0.2) is 48.5 Å². The lowest BCUT2D eigenvalue weighted by molar-refractivity contribution is -0.121. The van der Waals surface area contributed by atoms with E-state index in [-0.39, 0.29) is 11.5 Å². The Balaban J connectivity index is 1.60. The number of carboxylic acids is 1. The van der Waals surface area contributed by atoms with Gasteiger partial charge in [-0.1, -0.05) is 24.3 Å². The van der Waals surface area contributed by atoms with Gasteiger partial charge in [0.05, 0.1) is 12.2 Å². The van der Waals surface area contributed by atoms with Gasteiger partial charge in [0.1, 0.15) is 5.75 Å². The molecule has 0 fully saturated rings. The first-order chi connectivity index (χ1) is 12.0. The summed E-state index contributed by atoms with van der Waals surface area (Å²) < 4.78 is 5.65. The fraction of sp³-hybridized carbons (Fsp3) is 0.300. The quantitative estimate of drug-likeness (QED) is 0.684. The highest BCUT2D eigenvalue weighted by Gasteiger charge is 2.04. The van der Waals surface area contributed by atoms with Crippen molar-refractivity contribution in [1.82, 2.24) is 5.32 Å². The molecule has 0 aromatic heterocycles. The third kappa shape index (κ3) is 6.67. The van der Waals surface area contributed by atoms with Gasteiger partial charge in [-0.05, 0) is 55.2 Å². The maximum Gasteiger partial charge on any atom is 0.335 e. The van der Waals surface area contributed by atoms with Crippen molar-refractivity contribution >= 4 is 11.9 Å². The molecular weight excluding hydrogens is 318 g/mol. The number of aryl methyl sites for hydroxylation is 1. The topological polar surface area (TPSA) is 75.6 Å². The Kier molecular flexibility index (Phi) is 7.01. The summed E-state index contributed by atoms with van der Waals surface area (Å²) in [7, 11) is 0. The Labute approximate surface area is 147 Å². The van der Waals surface area contributed by atoms with Gasteiger partial charge in [-0.25, -0.2) is 4.79 Å². The van der Waals surface area contributed by atoms with Crippen molar-refractivity contribution in [2.45, 2.75) is 32.7 Å². The molecule has 2 N–H and O–H groups in total. The van der Waals surface area contributed by atoms with E-state index in [4.69, 9.17) is 9.84 Å². The van der Waals surface area contributed by atoms with Crippen molar-refractivity contribution in [3.63, 3.8) is 0 Å². The fourth-order valence-corrected chi connectivity index (χ4v) is 2.34. The van der Waals surface area contributed by atoms with Gasteiger partial charge in [0.2, 0.25) is 5.91 Å². The lowest BCUT2D eigenvalue weighted by atomic mass is 10.1. The van der Waals surface area contributed by atoms with Crippen molar-refractivity contribution in [2.75, 3.05) is 6.61 Å². The molecule has 0 atom stereocenters. The highest BCUT2D eigenvalue weighted by atomic mass is 16.5. The number of ether oxygens (including phenoxy) is 1. The van der Waals surface area contributed by atoms with Crippen LogP contribution in [0.25, 0.3) is 0 Å². The smallest absolute Gasteiger partial charge is 0.335 e. The average molecular weight is 341 g/mol. The van der Waals surface area contributed by atoms with E-state index < -0.39 is 5.97 Å². The van der Waals surface area contributed by atoms with Crippen molar-refractivity contribution in [1.29, 1.82) is 0 Å². The standard InChI is InChI=1S/C20H23NO4/c1-15-5-4-6-18(13-15)25-12-3-2-7-19(22)21-14-16-8-10-17(11-9-16)20(23)24/h4-6,8-11,13H,2-3,7,12,14H2,1H3,(H,21,22)(H,23,24). The first kappa shape index (κ1) is 18.5. The Hall–Kier alpha value is -2.82. The number of carboxylic acid groups (broad SMARTS) is 1. The van der Waals surface area contributed by atoms with Crippen LogP contribution in [0.1, 0.15) is 40.7 Å². The molecule has 0 aliphatic rings. The fourth-order valence-electron chi connectivity index (χ4n) is 2.34. The van der Waals surface area contributed by atoms with Gasteiger partial charge in [0, 0.05) is 13.0 Å². The molecule has 0 aliphatic carbocycles. The van der Waals surface area contributed by atoms with Crippen LogP contribution in [0, 0.1) is 6.92 Å². The SMILES string of the molecule is Cc1cccc(OCCCCC(=O)NCc2ccc(C(=O)O)cc2)c1. The molecule has 2 rings (SSSR count). The lowest BCUT2D eigenvalue weighted by Crippen LogP contribution is -2.22. The van der Waals surface area contributed by atoms with Crippen LogP contribution in [0.3, 0.4) is 0 Å². The molecule has 0 radical (unpaired) electrons. The molecule has 5 heteroatoms. The van der Waals surface area contributed by atoms with Crippen LogP contribution < -0.4 is 10.1 Å². The molecule has 5 nitrogen and oxygen atoms in total. The molecule has 2 aromatic carbocycles. The number of nitrogens with one attached hydrogen (secondary N) is 1. The van der Waals surface area contributed by atoms with E-state index in [1.54, 1.807) is 12.1 Å². The number of rotatable bonds is 9. The third-order valence-corrected chi connectivity index (χ3v) is 3.75. The summed E-state index contributed by atoms with van der Waals surface area (Å²) in [4.78, 5) is 22.6. The summed E-state index contributed by atoms with van der Waals surface area (Å²) in [5.74, 6) is -0.115. The van der Waals surface area contributed by atoms with Crippen LogP contribution in [-0.4, -0.2) is 23.6 Å². The maximum atomic E-state index is 11.8. The van der Waals surface area contributed by atoms with Gasteiger partial charge in [0.15, 0.2) is 0 Å². The first-order valence-electron chi connectivity index (χ1n) is 8.33. The summed E-state index contributed by atoms with van der Waals surface area (Å²) in [5.41, 5.74) is 2.28. The van der Waals surface area contributed by atoms with E-state index >= 15 is 0 Å². The molecule has 0 saturated heterocycles. The highest BCUT2D eigenvalue weighted by Crippen LogP contribution is 2.13. The van der Waals surface area contributed by atoms with Gasteiger partial charge >= 0.3 is 5.97 Å². The maximum absolute atomic E-state index is 11.8. The number of unbranched alkanes of at least 4 members (excludes halogenated alkanes) is 1. The predicted octanol–water partition coefficient (Wildman–Crippen LogP) is 3.56. The number of aromatic carboxylic acids is 1. The second-order valence-corrected chi connectivity index (χ2v) is 5.90. The number of carbonyl (C=O) groups excluding carboxylic acids is 1. The molecule has 132 valence electrons. The zero-order valence-electron chi connectivity index (χ0n) is 14.3. The van der Waals surface area contributed by atoms with Gasteiger partial charge in [-0.3, -0.25) is 4.79 Å². The van der Waals surface area contributed by atoms with Crippen LogP contribution >= 0.6 is 0 Å². The van der Waals surface area contributed by atoms with Crippen molar-refractivity contribution < 1.29 is 19.4 Å². The van der Waals surface area contributed by atoms with Crippen LogP contribution in [0.5, 0.6) is 5.75 Å². The molecule has 0 saturated carbocycles. The van der Waals surface area contributed by atoms with E-state index in [1.807, 2.05) is 31.2 Å². The second-order valence-electron chi connectivity index (χ2n) is 5.90. The van der Waals surface area contributed by atoms with Gasteiger partial charge < -0.3 is 15.2 Å². The van der Waals surface area contributed by atoms with Crippen LogP contribution in [-0.2, 0) is 11.3 Å². The first-order valence-corrected chi connectivity index (χ1v) is 8.33. The normalized spacial score (nSPS) is 10.3. The molecule has 0 bridgehead atoms. The van der Waals surface area contributed by atoms with E-state index in [2.05, 4.69) is 5.32 Å². The summed E-state index contributed by atoms with van der Waals surface area (Å²) >= 11 is 0. The zero-order valence-corrected chi connectivity index (χ0v) is 14.3. The molecule has 0 spiro atoms. The minimum atomic E-state index is -0.955.